The van der Waals surface area contributed by atoms with Crippen LogP contribution in [0.15, 0.2) is 54.0 Å². The molecule has 128 valence electrons. The topological polar surface area (TPSA) is 33.4 Å². The average molecular weight is 324 g/mol. The van der Waals surface area contributed by atoms with Gasteiger partial charge < -0.3 is 9.47 Å². The van der Waals surface area contributed by atoms with E-state index in [1.807, 2.05) is 12.5 Å². The van der Waals surface area contributed by atoms with E-state index in [-0.39, 0.29) is 6.04 Å². The van der Waals surface area contributed by atoms with Gasteiger partial charge >= 0.3 is 0 Å². The Morgan fingerprint density at radius 3 is 2.75 bits per heavy atom. The molecular formula is C20H28N4. The van der Waals surface area contributed by atoms with Crippen molar-refractivity contribution in [2.75, 3.05) is 19.6 Å². The van der Waals surface area contributed by atoms with Crippen molar-refractivity contribution >= 4 is 5.84 Å². The maximum Gasteiger partial charge on any atom is 0.123 e. The Morgan fingerprint density at radius 2 is 2.00 bits per heavy atom. The molecule has 0 fully saturated rings. The third-order valence-electron chi connectivity index (χ3n) is 4.70. The Bertz CT molecular complexity index is 618. The minimum atomic E-state index is 0.239. The van der Waals surface area contributed by atoms with Gasteiger partial charge in [0.15, 0.2) is 0 Å². The number of rotatable bonds is 9. The number of aromatic nitrogens is 2. The summed E-state index contributed by atoms with van der Waals surface area (Å²) < 4.78 is 2.20. The molecule has 1 aromatic heterocycles. The quantitative estimate of drug-likeness (QED) is 0.654. The van der Waals surface area contributed by atoms with E-state index in [9.17, 15) is 0 Å². The van der Waals surface area contributed by atoms with E-state index >= 15 is 0 Å². The summed E-state index contributed by atoms with van der Waals surface area (Å²) in [5, 5.41) is 0. The monoisotopic (exact) mass is 324 g/mol. The van der Waals surface area contributed by atoms with Crippen molar-refractivity contribution in [2.45, 2.75) is 45.1 Å². The number of hydrogen-bond acceptors (Lipinski definition) is 3. The summed E-state index contributed by atoms with van der Waals surface area (Å²) in [5.74, 6) is 1.23. The second-order valence-electron chi connectivity index (χ2n) is 6.50. The molecule has 0 spiro atoms. The van der Waals surface area contributed by atoms with Crippen LogP contribution in [-0.2, 0) is 6.42 Å². The van der Waals surface area contributed by atoms with Crippen LogP contribution in [0.2, 0.25) is 0 Å². The van der Waals surface area contributed by atoms with Gasteiger partial charge in [-0.2, -0.15) is 0 Å². The molecular weight excluding hydrogens is 296 g/mol. The molecule has 1 atom stereocenters. The highest BCUT2D eigenvalue weighted by Crippen LogP contribution is 2.21. The van der Waals surface area contributed by atoms with E-state index in [2.05, 4.69) is 57.9 Å². The molecule has 3 rings (SSSR count). The summed E-state index contributed by atoms with van der Waals surface area (Å²) in [6, 6.07) is 10.9. The zero-order valence-electron chi connectivity index (χ0n) is 14.6. The number of hydrogen-bond donors (Lipinski definition) is 0. The van der Waals surface area contributed by atoms with Crippen LogP contribution in [0.1, 0.15) is 44.2 Å². The van der Waals surface area contributed by atoms with E-state index < -0.39 is 0 Å². The van der Waals surface area contributed by atoms with Crippen molar-refractivity contribution in [1.82, 2.24) is 14.5 Å². The number of aliphatic imine (C=N–C) groups is 1. The number of benzene rings is 1. The molecule has 1 unspecified atom stereocenters. The van der Waals surface area contributed by atoms with E-state index in [1.165, 1.54) is 37.1 Å². The van der Waals surface area contributed by atoms with Crippen molar-refractivity contribution in [3.05, 3.63) is 54.6 Å². The standard InChI is InChI=1S/C20H28N4/c1-2-3-4-8-13-23-15-12-22-20(23)19(24-14-11-21-17-24)16-18-9-6-5-7-10-18/h5-7,9-11,14,17,19H,2-4,8,12-13,15-16H2,1H3. The largest absolute Gasteiger partial charge is 0.357 e. The first-order valence-corrected chi connectivity index (χ1v) is 9.19. The first-order chi connectivity index (χ1) is 11.9. The van der Waals surface area contributed by atoms with Gasteiger partial charge in [0, 0.05) is 31.9 Å². The van der Waals surface area contributed by atoms with Crippen LogP contribution in [0.5, 0.6) is 0 Å². The average Bonchev–Trinajstić information content (AvgIpc) is 3.29. The van der Waals surface area contributed by atoms with Crippen molar-refractivity contribution in [3.8, 4) is 0 Å². The second kappa shape index (κ2) is 8.67. The van der Waals surface area contributed by atoms with Gasteiger partial charge in [0.05, 0.1) is 18.9 Å². The fourth-order valence-electron chi connectivity index (χ4n) is 3.39. The van der Waals surface area contributed by atoms with Gasteiger partial charge in [0.25, 0.3) is 0 Å². The van der Waals surface area contributed by atoms with Crippen molar-refractivity contribution in [2.24, 2.45) is 4.99 Å². The Balaban J connectivity index is 1.72. The maximum atomic E-state index is 4.86. The first kappa shape index (κ1) is 16.7. The summed E-state index contributed by atoms with van der Waals surface area (Å²) in [5.41, 5.74) is 1.34. The van der Waals surface area contributed by atoms with Crippen LogP contribution < -0.4 is 0 Å². The Morgan fingerprint density at radius 1 is 1.12 bits per heavy atom. The van der Waals surface area contributed by atoms with Crippen LogP contribution in [-0.4, -0.2) is 39.9 Å². The van der Waals surface area contributed by atoms with Gasteiger partial charge in [0.1, 0.15) is 5.84 Å². The molecule has 0 saturated carbocycles. The minimum Gasteiger partial charge on any atom is -0.357 e. The van der Waals surface area contributed by atoms with Crippen LogP contribution in [0.4, 0.5) is 0 Å². The normalized spacial score (nSPS) is 15.5. The molecule has 0 aliphatic carbocycles. The van der Waals surface area contributed by atoms with E-state index in [1.54, 1.807) is 0 Å². The Labute approximate surface area is 145 Å². The van der Waals surface area contributed by atoms with Gasteiger partial charge in [-0.3, -0.25) is 4.99 Å². The highest BCUT2D eigenvalue weighted by molar-refractivity contribution is 5.87. The molecule has 0 amide bonds. The van der Waals surface area contributed by atoms with Gasteiger partial charge in [-0.25, -0.2) is 4.98 Å². The lowest BCUT2D eigenvalue weighted by Gasteiger charge is -2.27. The molecule has 0 bridgehead atoms. The fraction of sp³-hybridized carbons (Fsp3) is 0.500. The van der Waals surface area contributed by atoms with Gasteiger partial charge in [-0.05, 0) is 12.0 Å². The SMILES string of the molecule is CCCCCCN1CCN=C1C(Cc1ccccc1)n1ccnc1. The van der Waals surface area contributed by atoms with Crippen LogP contribution in [0.3, 0.4) is 0 Å². The van der Waals surface area contributed by atoms with Crippen molar-refractivity contribution < 1.29 is 0 Å². The zero-order valence-corrected chi connectivity index (χ0v) is 14.6. The number of amidine groups is 1. The maximum absolute atomic E-state index is 4.86. The molecule has 1 aliphatic rings. The third kappa shape index (κ3) is 4.25. The van der Waals surface area contributed by atoms with Crippen LogP contribution >= 0.6 is 0 Å². The highest BCUT2D eigenvalue weighted by Gasteiger charge is 2.26. The lowest BCUT2D eigenvalue weighted by Crippen LogP contribution is -2.36. The Kier molecular flexibility index (Phi) is 6.05. The molecule has 24 heavy (non-hydrogen) atoms. The van der Waals surface area contributed by atoms with Crippen molar-refractivity contribution in [1.29, 1.82) is 0 Å². The van der Waals surface area contributed by atoms with Gasteiger partial charge in [-0.15, -0.1) is 0 Å². The lowest BCUT2D eigenvalue weighted by atomic mass is 10.0. The van der Waals surface area contributed by atoms with Gasteiger partial charge in [0.2, 0.25) is 0 Å². The first-order valence-electron chi connectivity index (χ1n) is 9.19. The predicted octanol–water partition coefficient (Wildman–Crippen LogP) is 3.96. The van der Waals surface area contributed by atoms with E-state index in [0.717, 1.165) is 26.1 Å². The molecule has 4 nitrogen and oxygen atoms in total. The molecule has 4 heteroatoms. The van der Waals surface area contributed by atoms with E-state index in [0.29, 0.717) is 0 Å². The molecule has 1 aromatic carbocycles. The molecule has 2 aromatic rings. The number of imidazole rings is 1. The highest BCUT2D eigenvalue weighted by atomic mass is 15.3. The van der Waals surface area contributed by atoms with Crippen molar-refractivity contribution in [3.63, 3.8) is 0 Å². The number of unbranched alkanes of at least 4 members (excludes halogenated alkanes) is 3. The predicted molar refractivity (Wildman–Crippen MR) is 99.4 cm³/mol. The minimum absolute atomic E-state index is 0.239. The van der Waals surface area contributed by atoms with Crippen LogP contribution in [0.25, 0.3) is 0 Å². The molecule has 0 N–H and O–H groups in total. The fourth-order valence-corrected chi connectivity index (χ4v) is 3.39. The summed E-state index contributed by atoms with van der Waals surface area (Å²) in [6.07, 6.45) is 12.0. The van der Waals surface area contributed by atoms with E-state index in [4.69, 9.17) is 4.99 Å². The lowest BCUT2D eigenvalue weighted by molar-refractivity contribution is 0.408. The third-order valence-corrected chi connectivity index (χ3v) is 4.70. The number of nitrogens with zero attached hydrogens (tertiary/aromatic N) is 4. The summed E-state index contributed by atoms with van der Waals surface area (Å²) >= 11 is 0. The molecule has 2 heterocycles. The summed E-state index contributed by atoms with van der Waals surface area (Å²) in [4.78, 5) is 11.6. The molecule has 0 saturated heterocycles. The van der Waals surface area contributed by atoms with Gasteiger partial charge in [-0.1, -0.05) is 56.5 Å². The smallest absolute Gasteiger partial charge is 0.123 e. The summed E-state index contributed by atoms with van der Waals surface area (Å²) in [7, 11) is 0. The van der Waals surface area contributed by atoms with Crippen LogP contribution in [0, 0.1) is 0 Å². The zero-order chi connectivity index (χ0) is 16.6. The molecule has 0 radical (unpaired) electrons. The molecule has 1 aliphatic heterocycles. The second-order valence-corrected chi connectivity index (χ2v) is 6.50. The summed E-state index contributed by atoms with van der Waals surface area (Å²) in [6.45, 7) is 5.36. The Hall–Kier alpha value is -2.10.